The molecule has 4 nitrogen and oxygen atoms in total. The maximum atomic E-state index is 12.0. The summed E-state index contributed by atoms with van der Waals surface area (Å²) in [6.07, 6.45) is 4.53. The third-order valence-corrected chi connectivity index (χ3v) is 4.44. The van der Waals surface area contributed by atoms with E-state index < -0.39 is 6.10 Å². The molecule has 4 heteroatoms. The fourth-order valence-electron chi connectivity index (χ4n) is 2.97. The van der Waals surface area contributed by atoms with Crippen LogP contribution in [0, 0.1) is 11.8 Å². The maximum absolute atomic E-state index is 12.0. The summed E-state index contributed by atoms with van der Waals surface area (Å²) in [5, 5.41) is 15.4. The van der Waals surface area contributed by atoms with Crippen LogP contribution in [0.4, 0.5) is 10.5 Å². The lowest BCUT2D eigenvalue weighted by atomic mass is 9.80. The lowest BCUT2D eigenvalue weighted by Crippen LogP contribution is -2.36. The summed E-state index contributed by atoms with van der Waals surface area (Å²) in [4.78, 5) is 12.0. The van der Waals surface area contributed by atoms with Gasteiger partial charge in [-0.3, -0.25) is 0 Å². The van der Waals surface area contributed by atoms with Crippen molar-refractivity contribution < 1.29 is 9.90 Å². The highest BCUT2D eigenvalue weighted by molar-refractivity contribution is 5.89. The molecule has 0 radical (unpaired) electrons. The zero-order chi connectivity index (χ0) is 15.2. The van der Waals surface area contributed by atoms with Crippen LogP contribution in [-0.2, 0) is 0 Å². The van der Waals surface area contributed by atoms with Crippen molar-refractivity contribution >= 4 is 11.7 Å². The molecular weight excluding hydrogens is 264 g/mol. The standard InChI is InChI=1S/C17H26N2O2/c1-12-6-3-4-7-15(12)11-18-17(21)19-16-9-5-8-14(10-16)13(2)20/h5,8-10,12-13,15,20H,3-4,6-7,11H2,1-2H3,(H2,18,19,21). The third kappa shape index (κ3) is 4.74. The second-order valence-corrected chi connectivity index (χ2v) is 6.16. The quantitative estimate of drug-likeness (QED) is 0.792. The molecule has 3 atom stereocenters. The van der Waals surface area contributed by atoms with Gasteiger partial charge in [-0.05, 0) is 42.9 Å². The predicted octanol–water partition coefficient (Wildman–Crippen LogP) is 3.69. The van der Waals surface area contributed by atoms with Crippen molar-refractivity contribution in [2.24, 2.45) is 11.8 Å². The molecule has 1 aromatic rings. The third-order valence-electron chi connectivity index (χ3n) is 4.44. The number of hydrogen-bond acceptors (Lipinski definition) is 2. The second-order valence-electron chi connectivity index (χ2n) is 6.16. The molecule has 0 heterocycles. The molecule has 2 rings (SSSR count). The average Bonchev–Trinajstić information content (AvgIpc) is 2.46. The van der Waals surface area contributed by atoms with E-state index in [-0.39, 0.29) is 6.03 Å². The monoisotopic (exact) mass is 290 g/mol. The molecule has 1 saturated carbocycles. The van der Waals surface area contributed by atoms with Gasteiger partial charge in [0.2, 0.25) is 0 Å². The minimum absolute atomic E-state index is 0.171. The Labute approximate surface area is 126 Å². The van der Waals surface area contributed by atoms with Crippen LogP contribution in [0.1, 0.15) is 51.2 Å². The van der Waals surface area contributed by atoms with Crippen LogP contribution < -0.4 is 10.6 Å². The van der Waals surface area contributed by atoms with Crippen LogP contribution in [0.25, 0.3) is 0 Å². The van der Waals surface area contributed by atoms with Crippen LogP contribution in [-0.4, -0.2) is 17.7 Å². The highest BCUT2D eigenvalue weighted by Crippen LogP contribution is 2.28. The van der Waals surface area contributed by atoms with E-state index in [2.05, 4.69) is 17.6 Å². The Hall–Kier alpha value is -1.55. The molecule has 2 amide bonds. The predicted molar refractivity (Wildman–Crippen MR) is 85.2 cm³/mol. The molecule has 0 aromatic heterocycles. The van der Waals surface area contributed by atoms with E-state index in [0.717, 1.165) is 12.1 Å². The summed E-state index contributed by atoms with van der Waals surface area (Å²) in [5.74, 6) is 1.28. The summed E-state index contributed by atoms with van der Waals surface area (Å²) >= 11 is 0. The number of anilines is 1. The molecule has 3 unspecified atom stereocenters. The van der Waals surface area contributed by atoms with Crippen molar-refractivity contribution in [1.82, 2.24) is 5.32 Å². The fraction of sp³-hybridized carbons (Fsp3) is 0.588. The molecule has 1 aromatic carbocycles. The Morgan fingerprint density at radius 2 is 2.14 bits per heavy atom. The molecule has 3 N–H and O–H groups in total. The van der Waals surface area contributed by atoms with Crippen LogP contribution >= 0.6 is 0 Å². The first-order valence-corrected chi connectivity index (χ1v) is 7.89. The minimum atomic E-state index is -0.530. The Bertz CT molecular complexity index is 474. The van der Waals surface area contributed by atoms with Gasteiger partial charge >= 0.3 is 6.03 Å². The first kappa shape index (κ1) is 15.8. The molecule has 116 valence electrons. The van der Waals surface area contributed by atoms with Gasteiger partial charge in [0.15, 0.2) is 0 Å². The van der Waals surface area contributed by atoms with Gasteiger partial charge in [0.05, 0.1) is 6.10 Å². The van der Waals surface area contributed by atoms with Crippen molar-refractivity contribution in [2.75, 3.05) is 11.9 Å². The molecule has 0 bridgehead atoms. The molecule has 1 fully saturated rings. The zero-order valence-corrected chi connectivity index (χ0v) is 12.9. The minimum Gasteiger partial charge on any atom is -0.389 e. The number of nitrogens with one attached hydrogen (secondary N) is 2. The largest absolute Gasteiger partial charge is 0.389 e. The van der Waals surface area contributed by atoms with Crippen LogP contribution in [0.5, 0.6) is 0 Å². The van der Waals surface area contributed by atoms with Crippen LogP contribution in [0.15, 0.2) is 24.3 Å². The van der Waals surface area contributed by atoms with Crippen molar-refractivity contribution in [3.8, 4) is 0 Å². The summed E-state index contributed by atoms with van der Waals surface area (Å²) in [5.41, 5.74) is 1.51. The number of aliphatic hydroxyl groups is 1. The number of benzene rings is 1. The van der Waals surface area contributed by atoms with Gasteiger partial charge in [0.25, 0.3) is 0 Å². The normalized spacial score (nSPS) is 23.4. The zero-order valence-electron chi connectivity index (χ0n) is 12.9. The molecular formula is C17H26N2O2. The lowest BCUT2D eigenvalue weighted by Gasteiger charge is -2.28. The summed E-state index contributed by atoms with van der Waals surface area (Å²) in [7, 11) is 0. The molecule has 21 heavy (non-hydrogen) atoms. The van der Waals surface area contributed by atoms with Gasteiger partial charge in [-0.15, -0.1) is 0 Å². The number of rotatable bonds is 4. The lowest BCUT2D eigenvalue weighted by molar-refractivity contribution is 0.199. The molecule has 0 spiro atoms. The summed E-state index contributed by atoms with van der Waals surface area (Å²) < 4.78 is 0. The van der Waals surface area contributed by atoms with Crippen LogP contribution in [0.2, 0.25) is 0 Å². The number of amides is 2. The van der Waals surface area contributed by atoms with Crippen molar-refractivity contribution in [1.29, 1.82) is 0 Å². The van der Waals surface area contributed by atoms with E-state index in [1.165, 1.54) is 25.7 Å². The Morgan fingerprint density at radius 3 is 2.86 bits per heavy atom. The highest BCUT2D eigenvalue weighted by Gasteiger charge is 2.21. The molecule has 1 aliphatic rings. The van der Waals surface area contributed by atoms with Gasteiger partial charge in [0, 0.05) is 12.2 Å². The number of hydrogen-bond donors (Lipinski definition) is 3. The van der Waals surface area contributed by atoms with Crippen LogP contribution in [0.3, 0.4) is 0 Å². The molecule has 1 aliphatic carbocycles. The van der Waals surface area contributed by atoms with E-state index >= 15 is 0 Å². The van der Waals surface area contributed by atoms with E-state index in [1.54, 1.807) is 13.0 Å². The smallest absolute Gasteiger partial charge is 0.319 e. The Kier molecular flexibility index (Phi) is 5.62. The van der Waals surface area contributed by atoms with Gasteiger partial charge in [0.1, 0.15) is 0 Å². The molecule has 0 aliphatic heterocycles. The Morgan fingerprint density at radius 1 is 1.38 bits per heavy atom. The topological polar surface area (TPSA) is 61.4 Å². The summed E-state index contributed by atoms with van der Waals surface area (Å²) in [6.45, 7) is 4.72. The first-order valence-electron chi connectivity index (χ1n) is 7.89. The van der Waals surface area contributed by atoms with Crippen molar-refractivity contribution in [3.05, 3.63) is 29.8 Å². The van der Waals surface area contributed by atoms with Crippen molar-refractivity contribution in [3.63, 3.8) is 0 Å². The van der Waals surface area contributed by atoms with Gasteiger partial charge < -0.3 is 15.7 Å². The van der Waals surface area contributed by atoms with Gasteiger partial charge in [-0.2, -0.15) is 0 Å². The van der Waals surface area contributed by atoms with E-state index in [9.17, 15) is 9.90 Å². The van der Waals surface area contributed by atoms with E-state index in [0.29, 0.717) is 17.5 Å². The average molecular weight is 290 g/mol. The van der Waals surface area contributed by atoms with Crippen molar-refractivity contribution in [2.45, 2.75) is 45.6 Å². The first-order chi connectivity index (χ1) is 10.1. The fourth-order valence-corrected chi connectivity index (χ4v) is 2.97. The Balaban J connectivity index is 1.82. The number of carbonyl (C=O) groups is 1. The molecule has 0 saturated heterocycles. The van der Waals surface area contributed by atoms with E-state index in [1.807, 2.05) is 18.2 Å². The number of carbonyl (C=O) groups excluding carboxylic acids is 1. The van der Waals surface area contributed by atoms with Gasteiger partial charge in [-0.25, -0.2) is 4.79 Å². The number of aliphatic hydroxyl groups excluding tert-OH is 1. The number of urea groups is 1. The summed E-state index contributed by atoms with van der Waals surface area (Å²) in [6, 6.07) is 7.14. The van der Waals surface area contributed by atoms with Gasteiger partial charge in [-0.1, -0.05) is 38.3 Å². The SMILES string of the molecule is CC(O)c1cccc(NC(=O)NCC2CCCCC2C)c1. The van der Waals surface area contributed by atoms with E-state index in [4.69, 9.17) is 0 Å². The second kappa shape index (κ2) is 7.46. The maximum Gasteiger partial charge on any atom is 0.319 e. The highest BCUT2D eigenvalue weighted by atomic mass is 16.3.